The summed E-state index contributed by atoms with van der Waals surface area (Å²) in [5.41, 5.74) is 0.374. The van der Waals surface area contributed by atoms with Crippen molar-refractivity contribution in [3.05, 3.63) is 5.69 Å². The zero-order valence-corrected chi connectivity index (χ0v) is 23.7. The standard InChI is InChI=1S/C25H41N5O5S2/c1-3-35-25(32)29-16-14-19(15-17-29)28-37(33,34)22-18(2)26-23(36-22)27-24(31)30(20-10-6-4-7-11-20)21-12-8-5-9-13-21/h19-21,28H,3-17H2,1-2H3,(H,26,27,31). The predicted octanol–water partition coefficient (Wildman–Crippen LogP) is 4.85. The van der Waals surface area contributed by atoms with Crippen LogP contribution in [0.25, 0.3) is 0 Å². The molecule has 3 aliphatic rings. The van der Waals surface area contributed by atoms with Gasteiger partial charge in [-0.1, -0.05) is 49.9 Å². The number of thiazole rings is 1. The van der Waals surface area contributed by atoms with Crippen LogP contribution in [0.2, 0.25) is 0 Å². The third kappa shape index (κ3) is 7.14. The van der Waals surface area contributed by atoms with E-state index in [1.54, 1.807) is 18.7 Å². The van der Waals surface area contributed by atoms with Crippen molar-refractivity contribution in [1.29, 1.82) is 0 Å². The third-order valence-electron chi connectivity index (χ3n) is 7.73. The van der Waals surface area contributed by atoms with Crippen LogP contribution in [0.5, 0.6) is 0 Å². The summed E-state index contributed by atoms with van der Waals surface area (Å²) in [6.45, 7) is 4.61. The molecule has 3 fully saturated rings. The zero-order valence-electron chi connectivity index (χ0n) is 22.0. The molecular weight excluding hydrogens is 514 g/mol. The van der Waals surface area contributed by atoms with Crippen LogP contribution < -0.4 is 10.0 Å². The summed E-state index contributed by atoms with van der Waals surface area (Å²) >= 11 is 1.00. The van der Waals surface area contributed by atoms with Gasteiger partial charge in [-0.25, -0.2) is 27.7 Å². The van der Waals surface area contributed by atoms with Gasteiger partial charge in [0, 0.05) is 31.2 Å². The molecule has 1 aromatic heterocycles. The molecule has 37 heavy (non-hydrogen) atoms. The molecule has 2 N–H and O–H groups in total. The first-order valence-electron chi connectivity index (χ1n) is 13.8. The Bertz CT molecular complexity index is 1010. The molecular formula is C25H41N5O5S2. The minimum absolute atomic E-state index is 0.123. The van der Waals surface area contributed by atoms with Crippen molar-refractivity contribution in [2.45, 2.75) is 113 Å². The summed E-state index contributed by atoms with van der Waals surface area (Å²) in [5.74, 6) is 0. The first-order chi connectivity index (χ1) is 17.8. The molecule has 1 aromatic rings. The van der Waals surface area contributed by atoms with Gasteiger partial charge in [-0.15, -0.1) is 0 Å². The van der Waals surface area contributed by atoms with Gasteiger partial charge in [-0.05, 0) is 52.4 Å². The van der Waals surface area contributed by atoms with Crippen molar-refractivity contribution in [2.75, 3.05) is 25.0 Å². The van der Waals surface area contributed by atoms with Crippen LogP contribution in [0.15, 0.2) is 4.21 Å². The van der Waals surface area contributed by atoms with Crippen LogP contribution in [0, 0.1) is 6.92 Å². The van der Waals surface area contributed by atoms with E-state index in [1.807, 2.05) is 0 Å². The van der Waals surface area contributed by atoms with E-state index in [1.165, 1.54) is 12.8 Å². The quantitative estimate of drug-likeness (QED) is 0.496. The maximum atomic E-state index is 13.5. The normalized spacial score (nSPS) is 20.5. The van der Waals surface area contributed by atoms with E-state index in [0.29, 0.717) is 43.4 Å². The second kappa shape index (κ2) is 12.8. The number of carbonyl (C=O) groups excluding carboxylic acids is 2. The minimum Gasteiger partial charge on any atom is -0.450 e. The number of aryl methyl sites for hydroxylation is 1. The average Bonchev–Trinajstić information content (AvgIpc) is 3.26. The van der Waals surface area contributed by atoms with Gasteiger partial charge in [-0.3, -0.25) is 5.32 Å². The first kappa shape index (κ1) is 28.1. The van der Waals surface area contributed by atoms with E-state index in [0.717, 1.165) is 62.7 Å². The minimum atomic E-state index is -3.81. The Morgan fingerprint density at radius 2 is 1.57 bits per heavy atom. The summed E-state index contributed by atoms with van der Waals surface area (Å²) in [5, 5.41) is 3.26. The number of nitrogens with one attached hydrogen (secondary N) is 2. The summed E-state index contributed by atoms with van der Waals surface area (Å²) in [6, 6.07) is 0.0469. The molecule has 4 rings (SSSR count). The van der Waals surface area contributed by atoms with E-state index < -0.39 is 10.0 Å². The smallest absolute Gasteiger partial charge is 0.409 e. The number of sulfonamides is 1. The van der Waals surface area contributed by atoms with Gasteiger partial charge in [0.15, 0.2) is 9.34 Å². The Morgan fingerprint density at radius 1 is 1.00 bits per heavy atom. The Hall–Kier alpha value is -1.92. The lowest BCUT2D eigenvalue weighted by Crippen LogP contribution is -2.50. The number of amides is 3. The molecule has 2 heterocycles. The van der Waals surface area contributed by atoms with E-state index in [-0.39, 0.29) is 34.5 Å². The summed E-state index contributed by atoms with van der Waals surface area (Å²) in [6.07, 6.45) is 11.8. The highest BCUT2D eigenvalue weighted by atomic mass is 32.2. The number of urea groups is 1. The molecule has 10 nitrogen and oxygen atoms in total. The van der Waals surface area contributed by atoms with Crippen LogP contribution in [-0.4, -0.2) is 73.1 Å². The lowest BCUT2D eigenvalue weighted by molar-refractivity contribution is 0.0965. The highest BCUT2D eigenvalue weighted by Crippen LogP contribution is 2.32. The van der Waals surface area contributed by atoms with Gasteiger partial charge in [0.05, 0.1) is 12.3 Å². The number of piperidine rings is 1. The van der Waals surface area contributed by atoms with Crippen LogP contribution in [0.1, 0.15) is 89.7 Å². The number of anilines is 1. The molecule has 0 aromatic carbocycles. The van der Waals surface area contributed by atoms with Crippen molar-refractivity contribution < 1.29 is 22.7 Å². The Labute approximate surface area is 224 Å². The number of rotatable bonds is 7. The Kier molecular flexibility index (Phi) is 9.68. The Morgan fingerprint density at radius 3 is 2.11 bits per heavy atom. The van der Waals surface area contributed by atoms with Gasteiger partial charge in [0.25, 0.3) is 10.0 Å². The molecule has 0 radical (unpaired) electrons. The molecule has 1 aliphatic heterocycles. The molecule has 1 saturated heterocycles. The van der Waals surface area contributed by atoms with Gasteiger partial charge in [-0.2, -0.15) is 0 Å². The fourth-order valence-corrected chi connectivity index (χ4v) is 8.58. The molecule has 0 unspecified atom stereocenters. The number of nitrogens with zero attached hydrogens (tertiary/aromatic N) is 3. The lowest BCUT2D eigenvalue weighted by Gasteiger charge is -2.41. The Balaban J connectivity index is 1.40. The van der Waals surface area contributed by atoms with Crippen molar-refractivity contribution in [3.8, 4) is 0 Å². The number of carbonyl (C=O) groups is 2. The summed E-state index contributed by atoms with van der Waals surface area (Å²) in [4.78, 5) is 33.5. The maximum Gasteiger partial charge on any atom is 0.409 e. The number of likely N-dealkylation sites (tertiary alicyclic amines) is 1. The molecule has 0 bridgehead atoms. The lowest BCUT2D eigenvalue weighted by atomic mass is 9.89. The highest BCUT2D eigenvalue weighted by Gasteiger charge is 2.34. The fourth-order valence-electron chi connectivity index (χ4n) is 5.86. The molecule has 12 heteroatoms. The zero-order chi connectivity index (χ0) is 26.4. The van der Waals surface area contributed by atoms with E-state index in [2.05, 4.69) is 19.9 Å². The third-order valence-corrected chi connectivity index (χ3v) is 10.9. The van der Waals surface area contributed by atoms with E-state index >= 15 is 0 Å². The molecule has 0 atom stereocenters. The first-order valence-corrected chi connectivity index (χ1v) is 16.1. The van der Waals surface area contributed by atoms with Crippen molar-refractivity contribution in [3.63, 3.8) is 0 Å². The van der Waals surface area contributed by atoms with Crippen LogP contribution in [-0.2, 0) is 14.8 Å². The van der Waals surface area contributed by atoms with Crippen LogP contribution in [0.4, 0.5) is 14.7 Å². The van der Waals surface area contributed by atoms with Gasteiger partial charge in [0.2, 0.25) is 0 Å². The van der Waals surface area contributed by atoms with Crippen LogP contribution >= 0.6 is 11.3 Å². The predicted molar refractivity (Wildman–Crippen MR) is 143 cm³/mol. The van der Waals surface area contributed by atoms with Crippen LogP contribution in [0.3, 0.4) is 0 Å². The van der Waals surface area contributed by atoms with E-state index in [9.17, 15) is 18.0 Å². The van der Waals surface area contributed by atoms with E-state index in [4.69, 9.17) is 4.74 Å². The second-order valence-corrected chi connectivity index (χ2v) is 13.3. The monoisotopic (exact) mass is 555 g/mol. The van der Waals surface area contributed by atoms with Crippen molar-refractivity contribution in [2.24, 2.45) is 0 Å². The summed E-state index contributed by atoms with van der Waals surface area (Å²) < 4.78 is 34.3. The molecule has 208 valence electrons. The fraction of sp³-hybridized carbons (Fsp3) is 0.800. The van der Waals surface area contributed by atoms with Crippen molar-refractivity contribution in [1.82, 2.24) is 19.5 Å². The molecule has 0 spiro atoms. The van der Waals surface area contributed by atoms with Gasteiger partial charge >= 0.3 is 12.1 Å². The molecule has 3 amide bonds. The number of ether oxygens (including phenoxy) is 1. The SMILES string of the molecule is CCOC(=O)N1CCC(NS(=O)(=O)c2sc(NC(=O)N(C3CCCCC3)C3CCCCC3)nc2C)CC1. The van der Waals surface area contributed by atoms with Crippen molar-refractivity contribution >= 4 is 38.6 Å². The topological polar surface area (TPSA) is 121 Å². The summed E-state index contributed by atoms with van der Waals surface area (Å²) in [7, 11) is -3.81. The highest BCUT2D eigenvalue weighted by molar-refractivity contribution is 7.91. The number of hydrogen-bond donors (Lipinski definition) is 2. The maximum absolute atomic E-state index is 13.5. The number of aromatic nitrogens is 1. The number of hydrogen-bond acceptors (Lipinski definition) is 7. The largest absolute Gasteiger partial charge is 0.450 e. The second-order valence-electron chi connectivity index (χ2n) is 10.4. The molecule has 2 aliphatic carbocycles. The molecule has 2 saturated carbocycles. The van der Waals surface area contributed by atoms with Gasteiger partial charge < -0.3 is 14.5 Å². The average molecular weight is 556 g/mol. The van der Waals surface area contributed by atoms with Gasteiger partial charge in [0.1, 0.15) is 0 Å².